The molecule has 0 unspecified atom stereocenters. The molecule has 0 atom stereocenters. The number of likely N-dealkylation sites (N-methyl/N-ethyl adjacent to an activating group) is 1. The van der Waals surface area contributed by atoms with E-state index in [4.69, 9.17) is 0 Å². The molecule has 0 spiro atoms. The number of pyridine rings is 1. The highest BCUT2D eigenvalue weighted by Crippen LogP contribution is 2.21. The van der Waals surface area contributed by atoms with Crippen molar-refractivity contribution in [2.45, 2.75) is 13.8 Å². The molecular formula is C17H20N4O2S. The molecule has 126 valence electrons. The number of hydrogen-bond donors (Lipinski definition) is 1. The highest BCUT2D eigenvalue weighted by Gasteiger charge is 2.14. The summed E-state index contributed by atoms with van der Waals surface area (Å²) in [6, 6.07) is 7.04. The first-order chi connectivity index (χ1) is 11.6. The average Bonchev–Trinajstić information content (AvgIpc) is 3.03. The second-order valence-electron chi connectivity index (χ2n) is 5.46. The third-order valence-electron chi connectivity index (χ3n) is 4.05. The maximum Gasteiger partial charge on any atom is 0.266 e. The van der Waals surface area contributed by atoms with Crippen LogP contribution in [0.3, 0.4) is 0 Å². The van der Waals surface area contributed by atoms with Crippen LogP contribution in [0.1, 0.15) is 23.5 Å². The van der Waals surface area contributed by atoms with Crippen molar-refractivity contribution in [2.75, 3.05) is 26.2 Å². The van der Waals surface area contributed by atoms with Gasteiger partial charge in [-0.05, 0) is 31.3 Å². The van der Waals surface area contributed by atoms with Crippen molar-refractivity contribution in [3.05, 3.63) is 45.7 Å². The van der Waals surface area contributed by atoms with Crippen LogP contribution in [0.25, 0.3) is 15.9 Å². The smallest absolute Gasteiger partial charge is 0.266 e. The second kappa shape index (κ2) is 7.11. The lowest BCUT2D eigenvalue weighted by atomic mass is 10.3. The van der Waals surface area contributed by atoms with E-state index in [1.807, 2.05) is 6.07 Å². The molecule has 1 N–H and O–H groups in total. The van der Waals surface area contributed by atoms with E-state index in [1.165, 1.54) is 15.7 Å². The van der Waals surface area contributed by atoms with E-state index in [9.17, 15) is 9.59 Å². The molecule has 0 aliphatic heterocycles. The van der Waals surface area contributed by atoms with Crippen molar-refractivity contribution in [3.63, 3.8) is 0 Å². The molecule has 0 aliphatic carbocycles. The van der Waals surface area contributed by atoms with E-state index in [0.717, 1.165) is 19.6 Å². The van der Waals surface area contributed by atoms with Crippen LogP contribution >= 0.6 is 11.3 Å². The van der Waals surface area contributed by atoms with Crippen LogP contribution < -0.4 is 10.9 Å². The second-order valence-corrected chi connectivity index (χ2v) is 6.49. The first kappa shape index (κ1) is 16.6. The molecule has 24 heavy (non-hydrogen) atoms. The number of rotatable bonds is 6. The fourth-order valence-electron chi connectivity index (χ4n) is 2.61. The minimum atomic E-state index is -0.154. The lowest BCUT2D eigenvalue weighted by molar-refractivity contribution is 0.0953. The van der Waals surface area contributed by atoms with Gasteiger partial charge in [0.05, 0.1) is 10.3 Å². The number of nitrogens with one attached hydrogen (secondary N) is 1. The third-order valence-corrected chi connectivity index (χ3v) is 5.08. The molecule has 0 saturated carbocycles. The number of aromatic nitrogens is 2. The van der Waals surface area contributed by atoms with Gasteiger partial charge >= 0.3 is 0 Å². The Kier molecular flexibility index (Phi) is 4.92. The summed E-state index contributed by atoms with van der Waals surface area (Å²) < 4.78 is 1.50. The quantitative estimate of drug-likeness (QED) is 0.742. The van der Waals surface area contributed by atoms with Gasteiger partial charge in [-0.15, -0.1) is 11.3 Å². The Morgan fingerprint density at radius 1 is 1.33 bits per heavy atom. The fourth-order valence-corrected chi connectivity index (χ4v) is 3.56. The molecule has 0 bridgehead atoms. The number of carbonyl (C=O) groups is 1. The first-order valence-corrected chi connectivity index (χ1v) is 8.87. The van der Waals surface area contributed by atoms with Gasteiger partial charge in [-0.3, -0.25) is 14.0 Å². The highest BCUT2D eigenvalue weighted by atomic mass is 32.1. The van der Waals surface area contributed by atoms with Gasteiger partial charge in [0.2, 0.25) is 0 Å². The lowest BCUT2D eigenvalue weighted by Gasteiger charge is -2.17. The number of amides is 1. The molecule has 3 aromatic heterocycles. The molecule has 0 saturated heterocycles. The SMILES string of the molecule is CCN(CC)CCNC(=O)c1cc2c(=O)n3ccccc3nc2s1. The Hall–Kier alpha value is -2.25. The Balaban J connectivity index is 1.83. The monoisotopic (exact) mass is 344 g/mol. The zero-order valence-corrected chi connectivity index (χ0v) is 14.6. The van der Waals surface area contributed by atoms with Gasteiger partial charge in [0.15, 0.2) is 0 Å². The van der Waals surface area contributed by atoms with Gasteiger partial charge in [0, 0.05) is 19.3 Å². The van der Waals surface area contributed by atoms with E-state index in [0.29, 0.717) is 27.3 Å². The van der Waals surface area contributed by atoms with E-state index < -0.39 is 0 Å². The van der Waals surface area contributed by atoms with Crippen molar-refractivity contribution < 1.29 is 4.79 Å². The van der Waals surface area contributed by atoms with Crippen LogP contribution in [-0.2, 0) is 0 Å². The molecule has 1 amide bonds. The molecular weight excluding hydrogens is 324 g/mol. The third kappa shape index (κ3) is 3.18. The van der Waals surface area contributed by atoms with Gasteiger partial charge in [0.1, 0.15) is 10.5 Å². The Morgan fingerprint density at radius 3 is 2.88 bits per heavy atom. The summed E-state index contributed by atoms with van der Waals surface area (Å²) >= 11 is 1.25. The highest BCUT2D eigenvalue weighted by molar-refractivity contribution is 7.20. The number of nitrogens with zero attached hydrogens (tertiary/aromatic N) is 3. The van der Waals surface area contributed by atoms with Crippen molar-refractivity contribution in [1.29, 1.82) is 0 Å². The van der Waals surface area contributed by atoms with Crippen molar-refractivity contribution in [1.82, 2.24) is 19.6 Å². The van der Waals surface area contributed by atoms with Crippen molar-refractivity contribution in [2.24, 2.45) is 0 Å². The topological polar surface area (TPSA) is 66.7 Å². The van der Waals surface area contributed by atoms with Crippen LogP contribution in [0.15, 0.2) is 35.3 Å². The van der Waals surface area contributed by atoms with Crippen molar-refractivity contribution >= 4 is 33.1 Å². The summed E-state index contributed by atoms with van der Waals surface area (Å²) in [5.41, 5.74) is 0.444. The maximum atomic E-state index is 12.5. The summed E-state index contributed by atoms with van der Waals surface area (Å²) in [6.07, 6.45) is 1.69. The Bertz CT molecular complexity index is 927. The maximum absolute atomic E-state index is 12.5. The zero-order valence-electron chi connectivity index (χ0n) is 13.8. The van der Waals surface area contributed by atoms with Gasteiger partial charge in [0.25, 0.3) is 11.5 Å². The molecule has 3 heterocycles. The lowest BCUT2D eigenvalue weighted by Crippen LogP contribution is -2.34. The molecule has 6 nitrogen and oxygen atoms in total. The number of carbonyl (C=O) groups excluding carboxylic acids is 1. The van der Waals surface area contributed by atoms with Gasteiger partial charge < -0.3 is 10.2 Å². The molecule has 0 radical (unpaired) electrons. The Labute approximate surface area is 143 Å². The summed E-state index contributed by atoms with van der Waals surface area (Å²) in [5, 5.41) is 3.40. The Morgan fingerprint density at radius 2 is 2.12 bits per heavy atom. The van der Waals surface area contributed by atoms with Crippen LogP contribution in [0.2, 0.25) is 0 Å². The van der Waals surface area contributed by atoms with Gasteiger partial charge in [-0.25, -0.2) is 4.98 Å². The first-order valence-electron chi connectivity index (χ1n) is 8.05. The number of thiophene rings is 1. The summed E-state index contributed by atoms with van der Waals surface area (Å²) in [6.45, 7) is 7.52. The van der Waals surface area contributed by atoms with E-state index in [1.54, 1.807) is 24.4 Å². The van der Waals surface area contributed by atoms with Crippen LogP contribution in [0.5, 0.6) is 0 Å². The van der Waals surface area contributed by atoms with E-state index in [-0.39, 0.29) is 11.5 Å². The normalized spacial score (nSPS) is 11.5. The minimum Gasteiger partial charge on any atom is -0.350 e. The average molecular weight is 344 g/mol. The fraction of sp³-hybridized carbons (Fsp3) is 0.353. The molecule has 0 fully saturated rings. The van der Waals surface area contributed by atoms with E-state index >= 15 is 0 Å². The number of fused-ring (bicyclic) bond motifs is 2. The number of hydrogen-bond acceptors (Lipinski definition) is 5. The molecule has 0 aliphatic rings. The zero-order chi connectivity index (χ0) is 17.1. The van der Waals surface area contributed by atoms with Gasteiger partial charge in [-0.2, -0.15) is 0 Å². The molecule has 0 aromatic carbocycles. The minimum absolute atomic E-state index is 0.144. The summed E-state index contributed by atoms with van der Waals surface area (Å²) in [4.78, 5) is 32.6. The summed E-state index contributed by atoms with van der Waals surface area (Å²) in [5.74, 6) is -0.154. The molecule has 3 rings (SSSR count). The molecule has 7 heteroatoms. The predicted octanol–water partition coefficient (Wildman–Crippen LogP) is 1.98. The van der Waals surface area contributed by atoms with Crippen LogP contribution in [0.4, 0.5) is 0 Å². The molecule has 3 aromatic rings. The largest absolute Gasteiger partial charge is 0.350 e. The van der Waals surface area contributed by atoms with Crippen molar-refractivity contribution in [3.8, 4) is 0 Å². The summed E-state index contributed by atoms with van der Waals surface area (Å²) in [7, 11) is 0. The van der Waals surface area contributed by atoms with E-state index in [2.05, 4.69) is 29.0 Å². The van der Waals surface area contributed by atoms with Gasteiger partial charge in [-0.1, -0.05) is 19.9 Å². The predicted molar refractivity (Wildman–Crippen MR) is 97.0 cm³/mol. The van der Waals surface area contributed by atoms with Crippen LogP contribution in [-0.4, -0.2) is 46.4 Å². The van der Waals surface area contributed by atoms with Crippen LogP contribution in [0, 0.1) is 0 Å². The standard InChI is InChI=1S/C17H20N4O2S/c1-3-20(4-2)10-8-18-15(22)13-11-12-16(24-13)19-14-7-5-6-9-21(14)17(12)23/h5-7,9,11H,3-4,8,10H2,1-2H3,(H,18,22).